The van der Waals surface area contributed by atoms with Crippen molar-refractivity contribution in [2.24, 2.45) is 0 Å². The molecule has 0 aromatic heterocycles. The molecule has 3 nitrogen and oxygen atoms in total. The van der Waals surface area contributed by atoms with Crippen molar-refractivity contribution in [3.8, 4) is 5.75 Å². The van der Waals surface area contributed by atoms with Crippen LogP contribution >= 0.6 is 23.4 Å². The number of carbonyl (C=O) groups excluding carboxylic acids is 1. The molecule has 1 heterocycles. The number of hydrogen-bond acceptors (Lipinski definition) is 3. The maximum absolute atomic E-state index is 12.5. The number of rotatable bonds is 4. The summed E-state index contributed by atoms with van der Waals surface area (Å²) in [5.41, 5.74) is 1.05. The fourth-order valence-corrected chi connectivity index (χ4v) is 4.51. The highest BCUT2D eigenvalue weighted by Crippen LogP contribution is 2.34. The lowest BCUT2D eigenvalue weighted by atomic mass is 10.0. The van der Waals surface area contributed by atoms with Crippen LogP contribution < -0.4 is 10.1 Å². The normalized spacial score (nSPS) is 16.0. The molecule has 26 heavy (non-hydrogen) atoms. The van der Waals surface area contributed by atoms with Crippen molar-refractivity contribution in [2.45, 2.75) is 17.4 Å². The molecule has 0 unspecified atom stereocenters. The second kappa shape index (κ2) is 7.60. The molecule has 1 N–H and O–H groups in total. The average Bonchev–Trinajstić information content (AvgIpc) is 2.67. The molecular formula is C21H18ClNO2S. The number of para-hydroxylation sites is 1. The van der Waals surface area contributed by atoms with Gasteiger partial charge in [0.25, 0.3) is 0 Å². The summed E-state index contributed by atoms with van der Waals surface area (Å²) >= 11 is 7.88. The van der Waals surface area contributed by atoms with Crippen molar-refractivity contribution in [3.05, 3.63) is 71.2 Å². The Balaban J connectivity index is 1.46. The maximum atomic E-state index is 12.5. The Morgan fingerprint density at radius 1 is 1.12 bits per heavy atom. The van der Waals surface area contributed by atoms with Crippen molar-refractivity contribution >= 4 is 40.0 Å². The smallest absolute Gasteiger partial charge is 0.230 e. The zero-order valence-corrected chi connectivity index (χ0v) is 15.6. The molecule has 1 aliphatic rings. The number of halogens is 1. The molecule has 1 atom stereocenters. The molecule has 1 amide bonds. The minimum Gasteiger partial charge on any atom is -0.493 e. The first-order valence-corrected chi connectivity index (χ1v) is 9.90. The molecular weight excluding hydrogens is 366 g/mol. The summed E-state index contributed by atoms with van der Waals surface area (Å²) in [4.78, 5) is 13.5. The summed E-state index contributed by atoms with van der Waals surface area (Å²) in [6.07, 6.45) is 0.785. The molecule has 5 heteroatoms. The van der Waals surface area contributed by atoms with Gasteiger partial charge in [-0.1, -0.05) is 54.1 Å². The Morgan fingerprint density at radius 2 is 1.92 bits per heavy atom. The van der Waals surface area contributed by atoms with Gasteiger partial charge in [0, 0.05) is 27.3 Å². The van der Waals surface area contributed by atoms with Gasteiger partial charge in [0.05, 0.1) is 18.4 Å². The Morgan fingerprint density at radius 3 is 2.81 bits per heavy atom. The molecule has 3 aromatic carbocycles. The molecule has 0 saturated carbocycles. The summed E-state index contributed by atoms with van der Waals surface area (Å²) in [6.45, 7) is 0.619. The monoisotopic (exact) mass is 383 g/mol. The van der Waals surface area contributed by atoms with E-state index in [-0.39, 0.29) is 11.9 Å². The van der Waals surface area contributed by atoms with Gasteiger partial charge in [-0.2, -0.15) is 0 Å². The number of amides is 1. The van der Waals surface area contributed by atoms with Crippen LogP contribution in [0.15, 0.2) is 65.6 Å². The third-order valence-electron chi connectivity index (χ3n) is 4.47. The predicted molar refractivity (Wildman–Crippen MR) is 107 cm³/mol. The quantitative estimate of drug-likeness (QED) is 0.627. The van der Waals surface area contributed by atoms with Gasteiger partial charge in [-0.25, -0.2) is 0 Å². The lowest BCUT2D eigenvalue weighted by Gasteiger charge is -2.26. The fraction of sp³-hybridized carbons (Fsp3) is 0.190. The van der Waals surface area contributed by atoms with Crippen LogP contribution in [0.2, 0.25) is 5.02 Å². The minimum absolute atomic E-state index is 0.00385. The third kappa shape index (κ3) is 3.53. The van der Waals surface area contributed by atoms with Crippen molar-refractivity contribution in [1.82, 2.24) is 5.32 Å². The van der Waals surface area contributed by atoms with Gasteiger partial charge in [-0.3, -0.25) is 4.79 Å². The number of hydrogen-bond donors (Lipinski definition) is 1. The highest BCUT2D eigenvalue weighted by Gasteiger charge is 2.22. The number of fused-ring (bicyclic) bond motifs is 2. The number of benzene rings is 3. The lowest BCUT2D eigenvalue weighted by Crippen LogP contribution is -2.33. The first-order valence-electron chi connectivity index (χ1n) is 8.53. The van der Waals surface area contributed by atoms with Gasteiger partial charge < -0.3 is 10.1 Å². The fourth-order valence-electron chi connectivity index (χ4n) is 3.25. The molecule has 0 aliphatic carbocycles. The van der Waals surface area contributed by atoms with Crippen LogP contribution in [-0.2, 0) is 4.79 Å². The zero-order chi connectivity index (χ0) is 17.9. The van der Waals surface area contributed by atoms with E-state index in [1.54, 1.807) is 0 Å². The van der Waals surface area contributed by atoms with Crippen LogP contribution in [0.1, 0.15) is 18.0 Å². The Hall–Kier alpha value is -2.17. The Labute approximate surface area is 161 Å². The number of thioether (sulfide) groups is 1. The largest absolute Gasteiger partial charge is 0.493 e. The second-order valence-corrected chi connectivity index (χ2v) is 7.60. The van der Waals surface area contributed by atoms with E-state index in [9.17, 15) is 4.79 Å². The highest BCUT2D eigenvalue weighted by molar-refractivity contribution is 8.00. The number of carbonyl (C=O) groups is 1. The van der Waals surface area contributed by atoms with Gasteiger partial charge in [-0.15, -0.1) is 11.8 Å². The van der Waals surface area contributed by atoms with Gasteiger partial charge in [0.15, 0.2) is 0 Å². The van der Waals surface area contributed by atoms with Gasteiger partial charge in [0.2, 0.25) is 5.91 Å². The molecule has 0 bridgehead atoms. The molecule has 0 radical (unpaired) electrons. The van der Waals surface area contributed by atoms with E-state index in [2.05, 4.69) is 5.32 Å². The standard InChI is InChI=1S/C21H18ClNO2S/c22-16-8-3-5-14-6-4-10-19(21(14)16)26-13-20(24)23-17-11-12-25-18-9-2-1-7-15(17)18/h1-10,17H,11-13H2,(H,23,24)/t17-/m1/s1. The summed E-state index contributed by atoms with van der Waals surface area (Å²) in [5.74, 6) is 1.22. The Bertz CT molecular complexity index is 954. The first-order chi connectivity index (χ1) is 12.7. The van der Waals surface area contributed by atoms with Crippen molar-refractivity contribution in [3.63, 3.8) is 0 Å². The molecule has 4 rings (SSSR count). The van der Waals surface area contributed by atoms with E-state index < -0.39 is 0 Å². The van der Waals surface area contributed by atoms with Crippen molar-refractivity contribution < 1.29 is 9.53 Å². The van der Waals surface area contributed by atoms with Gasteiger partial charge in [0.1, 0.15) is 5.75 Å². The van der Waals surface area contributed by atoms with E-state index in [1.807, 2.05) is 60.7 Å². The molecule has 132 valence electrons. The van der Waals surface area contributed by atoms with Crippen molar-refractivity contribution in [1.29, 1.82) is 0 Å². The summed E-state index contributed by atoms with van der Waals surface area (Å²) in [5, 5.41) is 5.94. The second-order valence-electron chi connectivity index (χ2n) is 6.18. The van der Waals surface area contributed by atoms with Crippen LogP contribution in [0.4, 0.5) is 0 Å². The van der Waals surface area contributed by atoms with Gasteiger partial charge >= 0.3 is 0 Å². The van der Waals surface area contributed by atoms with E-state index >= 15 is 0 Å². The van der Waals surface area contributed by atoms with Crippen LogP contribution in [-0.4, -0.2) is 18.3 Å². The zero-order valence-electron chi connectivity index (χ0n) is 14.1. The van der Waals surface area contributed by atoms with E-state index in [4.69, 9.17) is 16.3 Å². The van der Waals surface area contributed by atoms with Crippen LogP contribution in [0.5, 0.6) is 5.75 Å². The highest BCUT2D eigenvalue weighted by atomic mass is 35.5. The summed E-state index contributed by atoms with van der Waals surface area (Å²) < 4.78 is 5.65. The third-order valence-corrected chi connectivity index (χ3v) is 5.84. The molecule has 0 spiro atoms. The Kier molecular flexibility index (Phi) is 5.05. The molecule has 0 fully saturated rings. The van der Waals surface area contributed by atoms with E-state index in [0.717, 1.165) is 33.4 Å². The van der Waals surface area contributed by atoms with Crippen LogP contribution in [0, 0.1) is 0 Å². The van der Waals surface area contributed by atoms with Crippen molar-refractivity contribution in [2.75, 3.05) is 12.4 Å². The van der Waals surface area contributed by atoms with E-state index in [0.29, 0.717) is 17.4 Å². The summed E-state index contributed by atoms with van der Waals surface area (Å²) in [6, 6.07) is 19.8. The lowest BCUT2D eigenvalue weighted by molar-refractivity contribution is -0.119. The number of nitrogens with one attached hydrogen (secondary N) is 1. The topological polar surface area (TPSA) is 38.3 Å². The molecule has 3 aromatic rings. The predicted octanol–water partition coefficient (Wildman–Crippen LogP) is 5.23. The molecule has 0 saturated heterocycles. The summed E-state index contributed by atoms with van der Waals surface area (Å²) in [7, 11) is 0. The maximum Gasteiger partial charge on any atom is 0.230 e. The van der Waals surface area contributed by atoms with Gasteiger partial charge in [-0.05, 0) is 23.6 Å². The average molecular weight is 384 g/mol. The first kappa shape index (κ1) is 17.3. The number of ether oxygens (including phenoxy) is 1. The minimum atomic E-state index is 0.00385. The molecule has 1 aliphatic heterocycles. The van der Waals surface area contributed by atoms with Crippen LogP contribution in [0.25, 0.3) is 10.8 Å². The van der Waals surface area contributed by atoms with E-state index in [1.165, 1.54) is 11.8 Å². The van der Waals surface area contributed by atoms with Crippen LogP contribution in [0.3, 0.4) is 0 Å². The SMILES string of the molecule is O=C(CSc1cccc2cccc(Cl)c12)N[C@@H]1CCOc2ccccc21.